The number of esters is 1. The van der Waals surface area contributed by atoms with E-state index in [1.165, 1.54) is 38.7 Å². The van der Waals surface area contributed by atoms with E-state index in [0.717, 1.165) is 0 Å². The van der Waals surface area contributed by atoms with E-state index in [1.54, 1.807) is 10.6 Å². The van der Waals surface area contributed by atoms with E-state index in [1.807, 2.05) is 0 Å². The molecule has 3 aromatic rings. The summed E-state index contributed by atoms with van der Waals surface area (Å²) in [5.41, 5.74) is -0.154. The number of hydrogen-bond acceptors (Lipinski definition) is 6. The van der Waals surface area contributed by atoms with Gasteiger partial charge in [-0.3, -0.25) is 4.79 Å². The maximum Gasteiger partial charge on any atom is 0.373 e. The number of benzene rings is 1. The molecule has 2 heterocycles. The molecule has 0 unspecified atom stereocenters. The molecule has 0 bridgehead atoms. The Bertz CT molecular complexity index is 976. The fourth-order valence-corrected chi connectivity index (χ4v) is 2.33. The molecule has 0 saturated heterocycles. The van der Waals surface area contributed by atoms with Gasteiger partial charge in [0.15, 0.2) is 11.6 Å². The van der Waals surface area contributed by atoms with Crippen molar-refractivity contribution >= 4 is 16.9 Å². The predicted octanol–water partition coefficient (Wildman–Crippen LogP) is 1.97. The molecule has 0 amide bonds. The second-order valence-electron chi connectivity index (χ2n) is 4.94. The van der Waals surface area contributed by atoms with Crippen LogP contribution in [0.3, 0.4) is 0 Å². The molecule has 0 radical (unpaired) electrons. The summed E-state index contributed by atoms with van der Waals surface area (Å²) in [7, 11) is 2.57. The van der Waals surface area contributed by atoms with Crippen molar-refractivity contribution in [3.8, 4) is 5.75 Å². The topological polar surface area (TPSA) is 83.6 Å². The minimum atomic E-state index is -0.598. The molecule has 0 saturated carbocycles. The van der Waals surface area contributed by atoms with Crippen LogP contribution in [-0.4, -0.2) is 29.7 Å². The zero-order chi connectivity index (χ0) is 17.3. The molecule has 7 nitrogen and oxygen atoms in total. The van der Waals surface area contributed by atoms with Crippen molar-refractivity contribution in [3.63, 3.8) is 0 Å². The number of carbonyl (C=O) groups is 1. The molecule has 0 atom stereocenters. The fraction of sp³-hybridized carbons (Fsp3) is 0.188. The minimum absolute atomic E-state index is 0.0369. The average Bonchev–Trinajstić information content (AvgIpc) is 3.05. The Labute approximate surface area is 135 Å². The molecule has 0 N–H and O–H groups in total. The normalized spacial score (nSPS) is 10.8. The highest BCUT2D eigenvalue weighted by atomic mass is 19.1. The summed E-state index contributed by atoms with van der Waals surface area (Å²) in [5.74, 6) is -0.749. The zero-order valence-corrected chi connectivity index (χ0v) is 12.9. The summed E-state index contributed by atoms with van der Waals surface area (Å²) in [6.07, 6.45) is 1.29. The number of aromatic nitrogens is 2. The predicted molar refractivity (Wildman–Crippen MR) is 81.7 cm³/mol. The van der Waals surface area contributed by atoms with Gasteiger partial charge in [0.1, 0.15) is 5.76 Å². The van der Waals surface area contributed by atoms with Crippen LogP contribution in [0.5, 0.6) is 5.75 Å². The Kier molecular flexibility index (Phi) is 4.03. The molecule has 3 rings (SSSR count). The van der Waals surface area contributed by atoms with Gasteiger partial charge in [-0.1, -0.05) is 0 Å². The van der Waals surface area contributed by atoms with E-state index in [2.05, 4.69) is 9.72 Å². The second kappa shape index (κ2) is 6.15. The van der Waals surface area contributed by atoms with Gasteiger partial charge >= 0.3 is 5.97 Å². The van der Waals surface area contributed by atoms with Crippen molar-refractivity contribution < 1.29 is 23.1 Å². The second-order valence-corrected chi connectivity index (χ2v) is 4.94. The van der Waals surface area contributed by atoms with Gasteiger partial charge in [0.05, 0.1) is 38.0 Å². The Morgan fingerprint density at radius 2 is 2.12 bits per heavy atom. The van der Waals surface area contributed by atoms with Crippen LogP contribution in [0.2, 0.25) is 0 Å². The van der Waals surface area contributed by atoms with Gasteiger partial charge in [0.2, 0.25) is 5.76 Å². The summed E-state index contributed by atoms with van der Waals surface area (Å²) in [6.45, 7) is 0.159. The van der Waals surface area contributed by atoms with Crippen molar-refractivity contribution in [3.05, 3.63) is 58.3 Å². The quantitative estimate of drug-likeness (QED) is 0.679. The molecule has 1 aromatic carbocycles. The van der Waals surface area contributed by atoms with Crippen LogP contribution in [0, 0.1) is 5.82 Å². The highest BCUT2D eigenvalue weighted by Gasteiger charge is 2.14. The first kappa shape index (κ1) is 15.7. The first-order valence-corrected chi connectivity index (χ1v) is 6.93. The number of methoxy groups -OCH3 is 2. The van der Waals surface area contributed by atoms with Crippen molar-refractivity contribution in [2.24, 2.45) is 0 Å². The Morgan fingerprint density at radius 3 is 2.83 bits per heavy atom. The van der Waals surface area contributed by atoms with E-state index >= 15 is 0 Å². The van der Waals surface area contributed by atoms with Crippen LogP contribution < -0.4 is 10.3 Å². The molecule has 2 aromatic heterocycles. The molecule has 0 aliphatic heterocycles. The van der Waals surface area contributed by atoms with Gasteiger partial charge in [-0.05, 0) is 18.2 Å². The third kappa shape index (κ3) is 2.73. The first-order valence-electron chi connectivity index (χ1n) is 6.93. The number of ether oxygens (including phenoxy) is 2. The third-order valence-corrected chi connectivity index (χ3v) is 3.50. The summed E-state index contributed by atoms with van der Waals surface area (Å²) in [5, 5.41) is 0.218. The van der Waals surface area contributed by atoms with Gasteiger partial charge in [0.25, 0.3) is 5.56 Å². The SMILES string of the molecule is COC(=O)c1ccc(Cn2cnc(=O)c3cc(OC)c(F)cc32)o1. The highest BCUT2D eigenvalue weighted by Crippen LogP contribution is 2.23. The number of carbonyl (C=O) groups excluding carboxylic acids is 1. The van der Waals surface area contributed by atoms with Gasteiger partial charge in [-0.25, -0.2) is 9.18 Å². The third-order valence-electron chi connectivity index (χ3n) is 3.50. The summed E-state index contributed by atoms with van der Waals surface area (Å²) < 4.78 is 30.4. The lowest BCUT2D eigenvalue weighted by Gasteiger charge is -2.10. The number of nitrogens with zero attached hydrogens (tertiary/aromatic N) is 2. The first-order chi connectivity index (χ1) is 11.5. The van der Waals surface area contributed by atoms with Crippen LogP contribution in [0.4, 0.5) is 4.39 Å². The Morgan fingerprint density at radius 1 is 1.33 bits per heavy atom. The number of hydrogen-bond donors (Lipinski definition) is 0. The van der Waals surface area contributed by atoms with Crippen molar-refractivity contribution in [1.82, 2.24) is 9.55 Å². The monoisotopic (exact) mass is 332 g/mol. The van der Waals surface area contributed by atoms with Gasteiger partial charge in [0, 0.05) is 6.07 Å². The van der Waals surface area contributed by atoms with Crippen LogP contribution in [0.25, 0.3) is 10.9 Å². The van der Waals surface area contributed by atoms with Gasteiger partial charge in [-0.15, -0.1) is 0 Å². The molecule has 0 aliphatic carbocycles. The smallest absolute Gasteiger partial charge is 0.373 e. The molecule has 0 aliphatic rings. The van der Waals surface area contributed by atoms with Crippen LogP contribution in [-0.2, 0) is 11.3 Å². The molecule has 8 heteroatoms. The molecule has 0 spiro atoms. The fourth-order valence-electron chi connectivity index (χ4n) is 2.33. The summed E-state index contributed by atoms with van der Waals surface area (Å²) in [6, 6.07) is 5.57. The lowest BCUT2D eigenvalue weighted by atomic mass is 10.2. The molecule has 0 fully saturated rings. The van der Waals surface area contributed by atoms with E-state index in [0.29, 0.717) is 11.3 Å². The lowest BCUT2D eigenvalue weighted by molar-refractivity contribution is 0.0563. The van der Waals surface area contributed by atoms with Crippen LogP contribution in [0.15, 0.2) is 39.8 Å². The maximum atomic E-state index is 14.0. The number of halogens is 1. The van der Waals surface area contributed by atoms with Crippen molar-refractivity contribution in [2.45, 2.75) is 6.54 Å². The zero-order valence-electron chi connectivity index (χ0n) is 12.9. The van der Waals surface area contributed by atoms with E-state index in [9.17, 15) is 14.0 Å². The maximum absolute atomic E-state index is 14.0. The largest absolute Gasteiger partial charge is 0.494 e. The van der Waals surface area contributed by atoms with Crippen LogP contribution >= 0.6 is 0 Å². The number of rotatable bonds is 4. The summed E-state index contributed by atoms with van der Waals surface area (Å²) >= 11 is 0. The molecule has 124 valence electrons. The molecular formula is C16H13FN2O5. The van der Waals surface area contributed by atoms with Crippen molar-refractivity contribution in [2.75, 3.05) is 14.2 Å². The molecule has 24 heavy (non-hydrogen) atoms. The number of furan rings is 1. The average molecular weight is 332 g/mol. The van der Waals surface area contributed by atoms with Gasteiger partial charge < -0.3 is 18.5 Å². The standard InChI is InChI=1S/C16H13FN2O5/c1-22-14-5-10-12(6-11(14)17)19(8-18-15(10)20)7-9-3-4-13(24-9)16(21)23-2/h3-6,8H,7H2,1-2H3. The van der Waals surface area contributed by atoms with E-state index in [-0.39, 0.29) is 23.4 Å². The number of fused-ring (bicyclic) bond motifs is 1. The van der Waals surface area contributed by atoms with E-state index < -0.39 is 17.3 Å². The van der Waals surface area contributed by atoms with Crippen LogP contribution in [0.1, 0.15) is 16.3 Å². The van der Waals surface area contributed by atoms with Crippen molar-refractivity contribution in [1.29, 1.82) is 0 Å². The minimum Gasteiger partial charge on any atom is -0.494 e. The molecular weight excluding hydrogens is 319 g/mol. The lowest BCUT2D eigenvalue weighted by Crippen LogP contribution is -2.13. The highest BCUT2D eigenvalue weighted by molar-refractivity contribution is 5.86. The Hall–Kier alpha value is -3.16. The Balaban J connectivity index is 2.05. The van der Waals surface area contributed by atoms with Gasteiger partial charge in [-0.2, -0.15) is 4.98 Å². The van der Waals surface area contributed by atoms with E-state index in [4.69, 9.17) is 9.15 Å². The summed E-state index contributed by atoms with van der Waals surface area (Å²) in [4.78, 5) is 27.1.